The van der Waals surface area contributed by atoms with Gasteiger partial charge in [0, 0.05) is 56.4 Å². The number of nitrogens with zero attached hydrogens (tertiary/aromatic N) is 5. The van der Waals surface area contributed by atoms with Gasteiger partial charge in [-0.3, -0.25) is 4.98 Å². The Morgan fingerprint density at radius 2 is 1.82 bits per heavy atom. The molecule has 2 saturated heterocycles. The molecule has 1 N–H and O–H groups in total. The number of benzene rings is 1. The van der Waals surface area contributed by atoms with Crippen LogP contribution in [0.4, 0.5) is 11.5 Å². The second kappa shape index (κ2) is 9.20. The van der Waals surface area contributed by atoms with E-state index in [0.717, 1.165) is 73.9 Å². The molecule has 0 aliphatic carbocycles. The number of morpholine rings is 1. The summed E-state index contributed by atoms with van der Waals surface area (Å²) in [6, 6.07) is 10.4. The lowest BCUT2D eigenvalue weighted by molar-refractivity contribution is 0.122. The van der Waals surface area contributed by atoms with Crippen LogP contribution in [0, 0.1) is 5.92 Å². The number of hydrogen-bond donors (Lipinski definition) is 1. The molecule has 5 rings (SSSR count). The Kier molecular flexibility index (Phi) is 6.13. The van der Waals surface area contributed by atoms with E-state index >= 15 is 0 Å². The molecule has 4 heterocycles. The van der Waals surface area contributed by atoms with Crippen molar-refractivity contribution in [2.24, 2.45) is 5.92 Å². The van der Waals surface area contributed by atoms with Crippen LogP contribution in [-0.2, 0) is 14.8 Å². The largest absolute Gasteiger partial charge is 0.378 e. The molecule has 2 fully saturated rings. The normalized spacial score (nSPS) is 19.4. The molecule has 1 atom stereocenters. The highest BCUT2D eigenvalue weighted by atomic mass is 32.2. The number of sulfonamides is 1. The monoisotopic (exact) mass is 468 g/mol. The Morgan fingerprint density at radius 3 is 2.58 bits per heavy atom. The average molecular weight is 469 g/mol. The lowest BCUT2D eigenvalue weighted by Crippen LogP contribution is -2.36. The Bertz CT molecular complexity index is 1230. The van der Waals surface area contributed by atoms with Crippen molar-refractivity contribution in [2.75, 3.05) is 62.0 Å². The Hall–Kier alpha value is -2.82. The van der Waals surface area contributed by atoms with Gasteiger partial charge in [0.2, 0.25) is 10.0 Å². The first-order valence-corrected chi connectivity index (χ1v) is 13.1. The summed E-state index contributed by atoms with van der Waals surface area (Å²) in [7, 11) is -3.20. The number of aromatic nitrogens is 3. The highest BCUT2D eigenvalue weighted by Crippen LogP contribution is 2.31. The smallest absolute Gasteiger partial charge is 0.208 e. The third-order valence-corrected chi connectivity index (χ3v) is 6.89. The first-order valence-electron chi connectivity index (χ1n) is 11.2. The second-order valence-corrected chi connectivity index (χ2v) is 10.5. The Labute approximate surface area is 193 Å². The zero-order valence-corrected chi connectivity index (χ0v) is 19.5. The number of rotatable bonds is 6. The molecular formula is C23H28N6O3S. The van der Waals surface area contributed by atoms with Crippen molar-refractivity contribution in [1.29, 1.82) is 0 Å². The number of fused-ring (bicyclic) bond motifs is 1. The summed E-state index contributed by atoms with van der Waals surface area (Å²) in [4.78, 5) is 18.6. The Balaban J connectivity index is 1.42. The van der Waals surface area contributed by atoms with E-state index in [1.165, 1.54) is 11.9 Å². The number of hydrogen-bond acceptors (Lipinski definition) is 8. The predicted octanol–water partition coefficient (Wildman–Crippen LogP) is 1.90. The lowest BCUT2D eigenvalue weighted by atomic mass is 10.1. The fraction of sp³-hybridized carbons (Fsp3) is 0.435. The maximum atomic E-state index is 11.5. The van der Waals surface area contributed by atoms with Gasteiger partial charge in [-0.2, -0.15) is 0 Å². The van der Waals surface area contributed by atoms with Crippen molar-refractivity contribution in [3.05, 3.63) is 42.7 Å². The van der Waals surface area contributed by atoms with Crippen molar-refractivity contribution in [3.63, 3.8) is 0 Å². The van der Waals surface area contributed by atoms with E-state index in [1.807, 2.05) is 6.07 Å². The molecule has 10 heteroatoms. The molecule has 1 aromatic carbocycles. The molecule has 0 radical (unpaired) electrons. The summed E-state index contributed by atoms with van der Waals surface area (Å²) >= 11 is 0. The minimum absolute atomic E-state index is 0.227. The standard InChI is InChI=1S/C23H28N6O3S/c1-33(30,31)26-15-17-6-9-29(16-17)23-22-21(24-7-8-25-22)14-20(27-23)18-2-4-19(5-3-18)28-10-12-32-13-11-28/h2-5,7-8,14,17,26H,6,9-13,15-16H2,1H3/t17-/m0/s1. The van der Waals surface area contributed by atoms with E-state index in [1.54, 1.807) is 12.4 Å². The van der Waals surface area contributed by atoms with E-state index in [0.29, 0.717) is 6.54 Å². The van der Waals surface area contributed by atoms with Crippen LogP contribution in [0.25, 0.3) is 22.3 Å². The molecule has 9 nitrogen and oxygen atoms in total. The van der Waals surface area contributed by atoms with Crippen molar-refractivity contribution in [2.45, 2.75) is 6.42 Å². The summed E-state index contributed by atoms with van der Waals surface area (Å²) in [5, 5.41) is 0. The maximum Gasteiger partial charge on any atom is 0.208 e. The van der Waals surface area contributed by atoms with Gasteiger partial charge in [0.1, 0.15) is 5.52 Å². The molecule has 2 aliphatic rings. The first-order chi connectivity index (χ1) is 16.0. The zero-order chi connectivity index (χ0) is 22.8. The SMILES string of the molecule is CS(=O)(=O)NC[C@@H]1CCN(c2nc(-c3ccc(N4CCOCC4)cc3)cc3nccnc23)C1. The van der Waals surface area contributed by atoms with Gasteiger partial charge in [-0.25, -0.2) is 23.1 Å². The van der Waals surface area contributed by atoms with Crippen LogP contribution in [0.1, 0.15) is 6.42 Å². The average Bonchev–Trinajstić information content (AvgIpc) is 3.31. The first kappa shape index (κ1) is 22.0. The van der Waals surface area contributed by atoms with Gasteiger partial charge in [0.25, 0.3) is 0 Å². The number of anilines is 2. The van der Waals surface area contributed by atoms with Gasteiger partial charge in [-0.05, 0) is 30.5 Å². The molecule has 0 spiro atoms. The van der Waals surface area contributed by atoms with E-state index in [9.17, 15) is 8.42 Å². The van der Waals surface area contributed by atoms with E-state index in [4.69, 9.17) is 9.72 Å². The summed E-state index contributed by atoms with van der Waals surface area (Å²) in [5.41, 5.74) is 4.62. The summed E-state index contributed by atoms with van der Waals surface area (Å²) in [5.74, 6) is 1.03. The van der Waals surface area contributed by atoms with Crippen LogP contribution < -0.4 is 14.5 Å². The van der Waals surface area contributed by atoms with Crippen LogP contribution in [0.3, 0.4) is 0 Å². The van der Waals surface area contributed by atoms with Gasteiger partial charge < -0.3 is 14.5 Å². The van der Waals surface area contributed by atoms with Gasteiger partial charge in [0.05, 0.1) is 30.7 Å². The molecule has 0 amide bonds. The zero-order valence-electron chi connectivity index (χ0n) is 18.6. The number of ether oxygens (including phenoxy) is 1. The van der Waals surface area contributed by atoms with Crippen LogP contribution in [0.15, 0.2) is 42.7 Å². The highest BCUT2D eigenvalue weighted by Gasteiger charge is 2.26. The van der Waals surface area contributed by atoms with Crippen molar-refractivity contribution >= 4 is 32.6 Å². The van der Waals surface area contributed by atoms with Gasteiger partial charge >= 0.3 is 0 Å². The van der Waals surface area contributed by atoms with Crippen LogP contribution in [0.2, 0.25) is 0 Å². The van der Waals surface area contributed by atoms with Crippen molar-refractivity contribution in [3.8, 4) is 11.3 Å². The van der Waals surface area contributed by atoms with Gasteiger partial charge in [-0.15, -0.1) is 0 Å². The summed E-state index contributed by atoms with van der Waals surface area (Å²) in [6.07, 6.45) is 5.46. The van der Waals surface area contributed by atoms with E-state index in [-0.39, 0.29) is 5.92 Å². The van der Waals surface area contributed by atoms with Gasteiger partial charge in [-0.1, -0.05) is 12.1 Å². The molecule has 0 bridgehead atoms. The maximum absolute atomic E-state index is 11.5. The third kappa shape index (κ3) is 5.07. The molecule has 0 saturated carbocycles. The molecule has 174 valence electrons. The van der Waals surface area contributed by atoms with Crippen LogP contribution >= 0.6 is 0 Å². The topological polar surface area (TPSA) is 101 Å². The quantitative estimate of drug-likeness (QED) is 0.586. The van der Waals surface area contributed by atoms with Crippen LogP contribution in [0.5, 0.6) is 0 Å². The van der Waals surface area contributed by atoms with Crippen molar-refractivity contribution < 1.29 is 13.2 Å². The predicted molar refractivity (Wildman–Crippen MR) is 129 cm³/mol. The minimum Gasteiger partial charge on any atom is -0.378 e. The fourth-order valence-corrected chi connectivity index (χ4v) is 4.99. The summed E-state index contributed by atoms with van der Waals surface area (Å²) < 4.78 is 31.0. The lowest BCUT2D eigenvalue weighted by Gasteiger charge is -2.29. The molecule has 0 unspecified atom stereocenters. The fourth-order valence-electron chi connectivity index (χ4n) is 4.45. The molecular weight excluding hydrogens is 440 g/mol. The molecule has 2 aromatic heterocycles. The molecule has 2 aliphatic heterocycles. The molecule has 33 heavy (non-hydrogen) atoms. The van der Waals surface area contributed by atoms with E-state index in [2.05, 4.69) is 48.8 Å². The van der Waals surface area contributed by atoms with E-state index < -0.39 is 10.0 Å². The summed E-state index contributed by atoms with van der Waals surface area (Å²) in [6.45, 7) is 5.27. The third-order valence-electron chi connectivity index (χ3n) is 6.20. The number of pyridine rings is 1. The second-order valence-electron chi connectivity index (χ2n) is 8.62. The minimum atomic E-state index is -3.20. The van der Waals surface area contributed by atoms with Crippen LogP contribution in [-0.4, -0.2) is 75.6 Å². The van der Waals surface area contributed by atoms with Crippen molar-refractivity contribution in [1.82, 2.24) is 19.7 Å². The highest BCUT2D eigenvalue weighted by molar-refractivity contribution is 7.88. The molecule has 3 aromatic rings. The Morgan fingerprint density at radius 1 is 1.06 bits per heavy atom. The number of nitrogens with one attached hydrogen (secondary N) is 1. The van der Waals surface area contributed by atoms with Gasteiger partial charge in [0.15, 0.2) is 5.82 Å².